The van der Waals surface area contributed by atoms with Gasteiger partial charge in [-0.15, -0.1) is 0 Å². The Bertz CT molecular complexity index is 650. The Balaban J connectivity index is 3.75. The molecule has 1 amide bonds. The third kappa shape index (κ3) is 30.8. The molecule has 0 bridgehead atoms. The van der Waals surface area contributed by atoms with Gasteiger partial charge in [-0.05, 0) is 32.1 Å². The Hall–Kier alpha value is -1.17. The number of allylic oxidation sites excluding steroid dienone is 3. The quantitative estimate of drug-likeness (QED) is 0.0425. The molecule has 0 aliphatic carbocycles. The Kier molecular flexibility index (Phi) is 33.8. The van der Waals surface area contributed by atoms with E-state index in [1.165, 1.54) is 135 Å². The maximum absolute atomic E-state index is 12.3. The standard InChI is InChI=1S/C39H75NO4/c1-3-5-7-9-11-13-15-16-17-18-19-20-21-22-23-25-27-29-31-33-38(43)37(35-41)40-39(44)34-36(42)32-30-28-26-24-14-12-10-8-6-4-2/h23,25,31,33,36-38,41-43H,3-22,24,26-30,32,34-35H2,1-2H3,(H,40,44)/b25-23+,33-31+. The van der Waals surface area contributed by atoms with Crippen LogP contribution in [0, 0.1) is 0 Å². The summed E-state index contributed by atoms with van der Waals surface area (Å²) in [4.78, 5) is 12.3. The highest BCUT2D eigenvalue weighted by Gasteiger charge is 2.20. The highest BCUT2D eigenvalue weighted by atomic mass is 16.3. The summed E-state index contributed by atoms with van der Waals surface area (Å²) in [5, 5.41) is 33.0. The number of unbranched alkanes of at least 4 members (excludes halogenated alkanes) is 23. The molecule has 0 rings (SSSR count). The Morgan fingerprint density at radius 1 is 0.568 bits per heavy atom. The van der Waals surface area contributed by atoms with Gasteiger partial charge in [0.1, 0.15) is 0 Å². The van der Waals surface area contributed by atoms with Crippen molar-refractivity contribution in [1.29, 1.82) is 0 Å². The van der Waals surface area contributed by atoms with Gasteiger partial charge in [-0.1, -0.05) is 179 Å². The summed E-state index contributed by atoms with van der Waals surface area (Å²) in [5.41, 5.74) is 0. The van der Waals surface area contributed by atoms with Crippen LogP contribution in [-0.2, 0) is 4.79 Å². The first-order chi connectivity index (χ1) is 21.5. The molecule has 3 atom stereocenters. The lowest BCUT2D eigenvalue weighted by Crippen LogP contribution is -2.45. The van der Waals surface area contributed by atoms with Gasteiger partial charge in [0.15, 0.2) is 0 Å². The molecular weight excluding hydrogens is 546 g/mol. The lowest BCUT2D eigenvalue weighted by atomic mass is 10.0. The number of nitrogens with one attached hydrogen (secondary N) is 1. The minimum atomic E-state index is -0.946. The molecule has 260 valence electrons. The van der Waals surface area contributed by atoms with Crippen LogP contribution in [0.15, 0.2) is 24.3 Å². The van der Waals surface area contributed by atoms with Gasteiger partial charge in [-0.3, -0.25) is 4.79 Å². The summed E-state index contributed by atoms with van der Waals surface area (Å²) < 4.78 is 0. The van der Waals surface area contributed by atoms with Crippen LogP contribution in [0.4, 0.5) is 0 Å². The van der Waals surface area contributed by atoms with Gasteiger partial charge in [0, 0.05) is 0 Å². The molecule has 0 aromatic carbocycles. The fourth-order valence-electron chi connectivity index (χ4n) is 5.77. The average molecular weight is 622 g/mol. The summed E-state index contributed by atoms with van der Waals surface area (Å²) in [6, 6.07) is -0.755. The first-order valence-electron chi connectivity index (χ1n) is 19.1. The second-order valence-electron chi connectivity index (χ2n) is 13.2. The van der Waals surface area contributed by atoms with Gasteiger partial charge < -0.3 is 20.6 Å². The third-order valence-electron chi connectivity index (χ3n) is 8.74. The highest BCUT2D eigenvalue weighted by Crippen LogP contribution is 2.14. The zero-order chi connectivity index (χ0) is 32.4. The van der Waals surface area contributed by atoms with Crippen molar-refractivity contribution in [2.45, 2.75) is 212 Å². The molecule has 5 heteroatoms. The van der Waals surface area contributed by atoms with Crippen molar-refractivity contribution in [3.63, 3.8) is 0 Å². The van der Waals surface area contributed by atoms with Gasteiger partial charge in [0.2, 0.25) is 5.91 Å². The molecule has 0 saturated carbocycles. The fraction of sp³-hybridized carbons (Fsp3) is 0.872. The van der Waals surface area contributed by atoms with Gasteiger partial charge in [-0.25, -0.2) is 0 Å². The number of rotatable bonds is 34. The molecule has 4 N–H and O–H groups in total. The smallest absolute Gasteiger partial charge is 0.222 e. The summed E-state index contributed by atoms with van der Waals surface area (Å²) in [6.45, 7) is 4.18. The minimum absolute atomic E-state index is 0.00835. The van der Waals surface area contributed by atoms with Crippen molar-refractivity contribution in [3.8, 4) is 0 Å². The Morgan fingerprint density at radius 3 is 1.45 bits per heavy atom. The molecule has 0 heterocycles. The Morgan fingerprint density at radius 2 is 0.977 bits per heavy atom. The number of hydrogen-bond donors (Lipinski definition) is 4. The lowest BCUT2D eigenvalue weighted by Gasteiger charge is -2.21. The van der Waals surface area contributed by atoms with Crippen molar-refractivity contribution < 1.29 is 20.1 Å². The minimum Gasteiger partial charge on any atom is -0.394 e. The van der Waals surface area contributed by atoms with E-state index in [1.807, 2.05) is 6.08 Å². The molecule has 5 nitrogen and oxygen atoms in total. The van der Waals surface area contributed by atoms with Gasteiger partial charge in [0.05, 0.1) is 31.3 Å². The lowest BCUT2D eigenvalue weighted by molar-refractivity contribution is -0.124. The van der Waals surface area contributed by atoms with Crippen LogP contribution in [0.1, 0.15) is 194 Å². The summed E-state index contributed by atoms with van der Waals surface area (Å²) in [5.74, 6) is -0.327. The van der Waals surface area contributed by atoms with Crippen molar-refractivity contribution in [2.75, 3.05) is 6.61 Å². The SMILES string of the molecule is CCCCCCCCCCCCCCC/C=C/CC/C=C/C(O)C(CO)NC(=O)CC(O)CCCCCCCCCCCC. The van der Waals surface area contributed by atoms with E-state index >= 15 is 0 Å². The molecule has 3 unspecified atom stereocenters. The van der Waals surface area contributed by atoms with E-state index in [1.54, 1.807) is 6.08 Å². The van der Waals surface area contributed by atoms with Crippen LogP contribution in [0.2, 0.25) is 0 Å². The van der Waals surface area contributed by atoms with E-state index in [-0.39, 0.29) is 18.9 Å². The van der Waals surface area contributed by atoms with Crippen molar-refractivity contribution in [3.05, 3.63) is 24.3 Å². The van der Waals surface area contributed by atoms with E-state index < -0.39 is 18.2 Å². The predicted molar refractivity (Wildman–Crippen MR) is 190 cm³/mol. The van der Waals surface area contributed by atoms with Gasteiger partial charge >= 0.3 is 0 Å². The van der Waals surface area contributed by atoms with E-state index in [2.05, 4.69) is 31.3 Å². The number of carbonyl (C=O) groups is 1. The van der Waals surface area contributed by atoms with Crippen LogP contribution in [-0.4, -0.2) is 46.1 Å². The summed E-state index contributed by atoms with van der Waals surface area (Å²) >= 11 is 0. The second-order valence-corrected chi connectivity index (χ2v) is 13.2. The van der Waals surface area contributed by atoms with Gasteiger partial charge in [-0.2, -0.15) is 0 Å². The van der Waals surface area contributed by atoms with E-state index in [4.69, 9.17) is 0 Å². The van der Waals surface area contributed by atoms with E-state index in [0.29, 0.717) is 6.42 Å². The van der Waals surface area contributed by atoms with Crippen LogP contribution in [0.5, 0.6) is 0 Å². The second kappa shape index (κ2) is 34.7. The third-order valence-corrected chi connectivity index (χ3v) is 8.74. The Labute approximate surface area is 273 Å². The molecule has 0 fully saturated rings. The molecule has 0 aliphatic rings. The first-order valence-corrected chi connectivity index (χ1v) is 19.1. The van der Waals surface area contributed by atoms with Crippen molar-refractivity contribution >= 4 is 5.91 Å². The monoisotopic (exact) mass is 622 g/mol. The topological polar surface area (TPSA) is 89.8 Å². The van der Waals surface area contributed by atoms with Crippen LogP contribution < -0.4 is 5.32 Å². The maximum atomic E-state index is 12.3. The van der Waals surface area contributed by atoms with E-state index in [9.17, 15) is 20.1 Å². The molecular formula is C39H75NO4. The van der Waals surface area contributed by atoms with Crippen molar-refractivity contribution in [1.82, 2.24) is 5.32 Å². The average Bonchev–Trinajstić information content (AvgIpc) is 3.01. The number of hydrogen-bond acceptors (Lipinski definition) is 4. The van der Waals surface area contributed by atoms with Crippen LogP contribution >= 0.6 is 0 Å². The largest absolute Gasteiger partial charge is 0.394 e. The van der Waals surface area contributed by atoms with Crippen molar-refractivity contribution in [2.24, 2.45) is 0 Å². The number of aliphatic hydroxyl groups is 3. The zero-order valence-electron chi connectivity index (χ0n) is 29.3. The molecule has 0 aromatic heterocycles. The zero-order valence-corrected chi connectivity index (χ0v) is 29.3. The van der Waals surface area contributed by atoms with Gasteiger partial charge in [0.25, 0.3) is 0 Å². The summed E-state index contributed by atoms with van der Waals surface area (Å²) in [6.07, 6.45) is 40.3. The highest BCUT2D eigenvalue weighted by molar-refractivity contribution is 5.76. The molecule has 0 aliphatic heterocycles. The molecule has 0 saturated heterocycles. The number of aliphatic hydroxyl groups excluding tert-OH is 3. The molecule has 0 aromatic rings. The maximum Gasteiger partial charge on any atom is 0.222 e. The van der Waals surface area contributed by atoms with Crippen LogP contribution in [0.25, 0.3) is 0 Å². The molecule has 0 spiro atoms. The summed E-state index contributed by atoms with van der Waals surface area (Å²) in [7, 11) is 0. The molecule has 44 heavy (non-hydrogen) atoms. The van der Waals surface area contributed by atoms with E-state index in [0.717, 1.165) is 32.1 Å². The fourth-order valence-corrected chi connectivity index (χ4v) is 5.77. The number of amides is 1. The number of carbonyl (C=O) groups excluding carboxylic acids is 1. The predicted octanol–water partition coefficient (Wildman–Crippen LogP) is 10.3. The first kappa shape index (κ1) is 42.8. The van der Waals surface area contributed by atoms with Crippen LogP contribution in [0.3, 0.4) is 0 Å². The molecule has 0 radical (unpaired) electrons. The normalized spacial score (nSPS) is 14.0.